The first-order valence-electron chi connectivity index (χ1n) is 7.08. The van der Waals surface area contributed by atoms with Crippen LogP contribution in [0.3, 0.4) is 0 Å². The lowest BCUT2D eigenvalue weighted by molar-refractivity contribution is 0.122. The Kier molecular flexibility index (Phi) is 4.58. The topological polar surface area (TPSA) is 37.4 Å². The first-order chi connectivity index (χ1) is 10.3. The summed E-state index contributed by atoms with van der Waals surface area (Å²) in [6, 6.07) is 10.5. The molecule has 0 unspecified atom stereocenters. The van der Waals surface area contributed by atoms with Crippen LogP contribution in [0, 0.1) is 0 Å². The van der Waals surface area contributed by atoms with E-state index >= 15 is 0 Å². The molecule has 5 heteroatoms. The molecule has 0 radical (unpaired) electrons. The van der Waals surface area contributed by atoms with Gasteiger partial charge in [-0.05, 0) is 23.8 Å². The molecule has 1 aromatic heterocycles. The normalized spacial score (nSPS) is 15.0. The molecule has 2 aromatic rings. The molecule has 110 valence electrons. The Balaban J connectivity index is 1.60. The molecule has 1 N–H and O–H groups in total. The highest BCUT2D eigenvalue weighted by Gasteiger charge is 2.10. The average Bonchev–Trinajstić information content (AvgIpc) is 2.55. The number of ether oxygens (including phenoxy) is 1. The molecule has 0 aliphatic carbocycles. The lowest BCUT2D eigenvalue weighted by Gasteiger charge is -2.28. The highest BCUT2D eigenvalue weighted by molar-refractivity contribution is 6.33. The van der Waals surface area contributed by atoms with E-state index in [0.717, 1.165) is 38.5 Å². The first-order valence-corrected chi connectivity index (χ1v) is 7.46. The summed E-state index contributed by atoms with van der Waals surface area (Å²) in [5.74, 6) is 0. The molecule has 1 aliphatic heterocycles. The molecular formula is C16H18ClN3O. The van der Waals surface area contributed by atoms with Crippen LogP contribution < -0.4 is 10.2 Å². The number of hydrogen-bond donors (Lipinski definition) is 1. The van der Waals surface area contributed by atoms with Gasteiger partial charge in [0.15, 0.2) is 0 Å². The molecule has 0 bridgehead atoms. The van der Waals surface area contributed by atoms with Crippen LogP contribution >= 0.6 is 11.6 Å². The second-order valence-electron chi connectivity index (χ2n) is 4.97. The van der Waals surface area contributed by atoms with Gasteiger partial charge in [-0.3, -0.25) is 4.98 Å². The van der Waals surface area contributed by atoms with Crippen molar-refractivity contribution in [3.63, 3.8) is 0 Å². The number of nitrogens with zero attached hydrogens (tertiary/aromatic N) is 2. The SMILES string of the molecule is Clc1cnccc1NCc1ccc(N2CCOCC2)cc1. The molecule has 1 fully saturated rings. The van der Waals surface area contributed by atoms with Gasteiger partial charge in [0.1, 0.15) is 0 Å². The van der Waals surface area contributed by atoms with Gasteiger partial charge in [-0.2, -0.15) is 0 Å². The average molecular weight is 304 g/mol. The van der Waals surface area contributed by atoms with E-state index in [1.54, 1.807) is 12.4 Å². The van der Waals surface area contributed by atoms with Crippen LogP contribution in [0.4, 0.5) is 11.4 Å². The van der Waals surface area contributed by atoms with Crippen LogP contribution in [-0.4, -0.2) is 31.3 Å². The van der Waals surface area contributed by atoms with Gasteiger partial charge in [0.25, 0.3) is 0 Å². The highest BCUT2D eigenvalue weighted by Crippen LogP contribution is 2.21. The van der Waals surface area contributed by atoms with Crippen LogP contribution in [0.2, 0.25) is 5.02 Å². The van der Waals surface area contributed by atoms with Crippen LogP contribution in [0.5, 0.6) is 0 Å². The largest absolute Gasteiger partial charge is 0.380 e. The zero-order valence-corrected chi connectivity index (χ0v) is 12.5. The van der Waals surface area contributed by atoms with Crippen molar-refractivity contribution in [1.29, 1.82) is 0 Å². The Hall–Kier alpha value is -1.78. The summed E-state index contributed by atoms with van der Waals surface area (Å²) >= 11 is 6.07. The second kappa shape index (κ2) is 6.78. The zero-order valence-electron chi connectivity index (χ0n) is 11.8. The van der Waals surface area contributed by atoms with E-state index in [4.69, 9.17) is 16.3 Å². The molecule has 3 rings (SSSR count). The van der Waals surface area contributed by atoms with E-state index in [9.17, 15) is 0 Å². The van der Waals surface area contributed by atoms with Crippen molar-refractivity contribution in [2.24, 2.45) is 0 Å². The molecule has 4 nitrogen and oxygen atoms in total. The molecule has 1 saturated heterocycles. The molecule has 0 spiro atoms. The van der Waals surface area contributed by atoms with Crippen molar-refractivity contribution in [3.8, 4) is 0 Å². The standard InChI is InChI=1S/C16H18ClN3O/c17-15-12-18-6-5-16(15)19-11-13-1-3-14(4-2-13)20-7-9-21-10-8-20/h1-6,12H,7-11H2,(H,18,19). The number of halogens is 1. The lowest BCUT2D eigenvalue weighted by Crippen LogP contribution is -2.36. The van der Waals surface area contributed by atoms with Crippen LogP contribution in [0.1, 0.15) is 5.56 Å². The number of anilines is 2. The van der Waals surface area contributed by atoms with Gasteiger partial charge in [-0.1, -0.05) is 23.7 Å². The number of hydrogen-bond acceptors (Lipinski definition) is 4. The molecule has 1 aliphatic rings. The van der Waals surface area contributed by atoms with Crippen molar-refractivity contribution in [3.05, 3.63) is 53.3 Å². The third-order valence-electron chi connectivity index (χ3n) is 3.57. The van der Waals surface area contributed by atoms with Crippen LogP contribution in [-0.2, 0) is 11.3 Å². The third kappa shape index (κ3) is 3.65. The number of pyridine rings is 1. The number of morpholine rings is 1. The van der Waals surface area contributed by atoms with E-state index in [-0.39, 0.29) is 0 Å². The number of nitrogens with one attached hydrogen (secondary N) is 1. The maximum atomic E-state index is 6.07. The quantitative estimate of drug-likeness (QED) is 0.941. The van der Waals surface area contributed by atoms with E-state index in [2.05, 4.69) is 39.5 Å². The maximum Gasteiger partial charge on any atom is 0.0820 e. The minimum absolute atomic E-state index is 0.641. The monoisotopic (exact) mass is 303 g/mol. The van der Waals surface area contributed by atoms with Crippen LogP contribution in [0.25, 0.3) is 0 Å². The fraction of sp³-hybridized carbons (Fsp3) is 0.312. The Bertz CT molecular complexity index is 582. The summed E-state index contributed by atoms with van der Waals surface area (Å²) in [7, 11) is 0. The minimum atomic E-state index is 0.641. The molecule has 0 amide bonds. The maximum absolute atomic E-state index is 6.07. The summed E-state index contributed by atoms with van der Waals surface area (Å²) in [6.07, 6.45) is 3.38. The predicted octanol–water partition coefficient (Wildman–Crippen LogP) is 3.18. The van der Waals surface area contributed by atoms with E-state index in [0.29, 0.717) is 5.02 Å². The first kappa shape index (κ1) is 14.2. The molecule has 1 aromatic carbocycles. The Morgan fingerprint density at radius 3 is 2.62 bits per heavy atom. The molecule has 21 heavy (non-hydrogen) atoms. The van der Waals surface area contributed by atoms with Gasteiger partial charge in [0, 0.05) is 37.7 Å². The summed E-state index contributed by atoms with van der Waals surface area (Å²) in [5.41, 5.74) is 3.38. The fourth-order valence-corrected chi connectivity index (χ4v) is 2.55. The van der Waals surface area contributed by atoms with Crippen molar-refractivity contribution in [2.45, 2.75) is 6.54 Å². The number of benzene rings is 1. The Morgan fingerprint density at radius 1 is 1.14 bits per heavy atom. The summed E-state index contributed by atoms with van der Waals surface area (Å²) < 4.78 is 5.37. The van der Waals surface area contributed by atoms with Crippen molar-refractivity contribution in [2.75, 3.05) is 36.5 Å². The van der Waals surface area contributed by atoms with Gasteiger partial charge in [-0.25, -0.2) is 0 Å². The van der Waals surface area contributed by atoms with Crippen molar-refractivity contribution < 1.29 is 4.74 Å². The third-order valence-corrected chi connectivity index (χ3v) is 3.87. The Labute approximate surface area is 129 Å². The minimum Gasteiger partial charge on any atom is -0.380 e. The van der Waals surface area contributed by atoms with Crippen molar-refractivity contribution in [1.82, 2.24) is 4.98 Å². The van der Waals surface area contributed by atoms with E-state index in [1.165, 1.54) is 11.3 Å². The zero-order chi connectivity index (χ0) is 14.5. The van der Waals surface area contributed by atoms with Gasteiger partial charge < -0.3 is 15.0 Å². The predicted molar refractivity (Wildman–Crippen MR) is 86.0 cm³/mol. The number of rotatable bonds is 4. The van der Waals surface area contributed by atoms with Gasteiger partial charge in [0.05, 0.1) is 23.9 Å². The summed E-state index contributed by atoms with van der Waals surface area (Å²) in [5, 5.41) is 3.96. The molecule has 2 heterocycles. The van der Waals surface area contributed by atoms with Crippen LogP contribution in [0.15, 0.2) is 42.7 Å². The lowest BCUT2D eigenvalue weighted by atomic mass is 10.2. The number of aromatic nitrogens is 1. The van der Waals surface area contributed by atoms with Gasteiger partial charge >= 0.3 is 0 Å². The van der Waals surface area contributed by atoms with E-state index in [1.807, 2.05) is 6.07 Å². The van der Waals surface area contributed by atoms with E-state index < -0.39 is 0 Å². The molecule has 0 atom stereocenters. The highest BCUT2D eigenvalue weighted by atomic mass is 35.5. The summed E-state index contributed by atoms with van der Waals surface area (Å²) in [4.78, 5) is 6.32. The second-order valence-corrected chi connectivity index (χ2v) is 5.38. The smallest absolute Gasteiger partial charge is 0.0820 e. The van der Waals surface area contributed by atoms with Gasteiger partial charge in [0.2, 0.25) is 0 Å². The van der Waals surface area contributed by atoms with Crippen molar-refractivity contribution >= 4 is 23.0 Å². The summed E-state index contributed by atoms with van der Waals surface area (Å²) in [6.45, 7) is 4.29. The Morgan fingerprint density at radius 2 is 1.90 bits per heavy atom. The fourth-order valence-electron chi connectivity index (χ4n) is 2.36. The molecule has 0 saturated carbocycles. The molecular weight excluding hydrogens is 286 g/mol. The van der Waals surface area contributed by atoms with Gasteiger partial charge in [-0.15, -0.1) is 0 Å².